The number of ether oxygens (including phenoxy) is 1. The number of nitrogens with one attached hydrogen (secondary N) is 2. The van der Waals surface area contributed by atoms with E-state index in [2.05, 4.69) is 25.2 Å². The van der Waals surface area contributed by atoms with E-state index in [1.807, 2.05) is 0 Å². The van der Waals surface area contributed by atoms with Crippen LogP contribution < -0.4 is 10.1 Å². The van der Waals surface area contributed by atoms with Gasteiger partial charge in [-0.15, -0.1) is 18.3 Å². The minimum atomic E-state index is -4.83. The summed E-state index contributed by atoms with van der Waals surface area (Å²) in [5, 5.41) is 17.6. The number of alkyl halides is 3. The van der Waals surface area contributed by atoms with E-state index >= 15 is 0 Å². The maximum atomic E-state index is 12.2. The molecule has 2 rings (SSSR count). The number of halogens is 3. The van der Waals surface area contributed by atoms with E-state index in [4.69, 9.17) is 5.11 Å². The molecule has 11 heteroatoms. The topological polar surface area (TPSA) is 100 Å². The van der Waals surface area contributed by atoms with E-state index in [1.165, 1.54) is 23.9 Å². The fourth-order valence-electron chi connectivity index (χ4n) is 1.52. The number of amides is 1. The predicted molar refractivity (Wildman–Crippen MR) is 75.3 cm³/mol. The highest BCUT2D eigenvalue weighted by Crippen LogP contribution is 2.23. The summed E-state index contributed by atoms with van der Waals surface area (Å²) in [5.41, 5.74) is -0.0345. The zero-order valence-electron chi connectivity index (χ0n) is 11.4. The van der Waals surface area contributed by atoms with Crippen molar-refractivity contribution in [2.24, 2.45) is 0 Å². The molecule has 0 saturated carbocycles. The molecule has 1 aromatic heterocycles. The number of hydrogen-bond donors (Lipinski definition) is 3. The van der Waals surface area contributed by atoms with E-state index in [1.54, 1.807) is 0 Å². The van der Waals surface area contributed by atoms with Crippen molar-refractivity contribution in [2.45, 2.75) is 11.5 Å². The molecule has 0 radical (unpaired) electrons. The van der Waals surface area contributed by atoms with Crippen molar-refractivity contribution in [1.29, 1.82) is 0 Å². The van der Waals surface area contributed by atoms with E-state index in [0.717, 1.165) is 12.1 Å². The number of anilines is 1. The lowest BCUT2D eigenvalue weighted by Gasteiger charge is -2.09. The third-order valence-electron chi connectivity index (χ3n) is 2.35. The molecule has 7 nitrogen and oxygen atoms in total. The zero-order chi connectivity index (χ0) is 16.9. The van der Waals surface area contributed by atoms with Crippen molar-refractivity contribution in [3.8, 4) is 5.75 Å². The molecule has 2 aromatic rings. The number of H-pyrrole nitrogens is 1. The summed E-state index contributed by atoms with van der Waals surface area (Å²) in [6, 6.07) is 4.64. The Kier molecular flexibility index (Phi) is 5.45. The van der Waals surface area contributed by atoms with Crippen molar-refractivity contribution in [2.75, 3.05) is 17.7 Å². The largest absolute Gasteiger partial charge is 0.573 e. The summed E-state index contributed by atoms with van der Waals surface area (Å²) in [5.74, 6) is -0.741. The second-order valence-corrected chi connectivity index (χ2v) is 5.13. The summed E-state index contributed by atoms with van der Waals surface area (Å²) in [4.78, 5) is 15.9. The number of aromatic amines is 1. The normalized spacial score (nSPS) is 11.3. The Labute approximate surface area is 132 Å². The number of aliphatic hydroxyl groups excluding tert-OH is 1. The smallest absolute Gasteiger partial charge is 0.406 e. The summed E-state index contributed by atoms with van der Waals surface area (Å²) >= 11 is 1.17. The van der Waals surface area contributed by atoms with Gasteiger partial charge in [-0.05, 0) is 18.2 Å². The number of thioether (sulfide) groups is 1. The van der Waals surface area contributed by atoms with E-state index in [9.17, 15) is 18.0 Å². The van der Waals surface area contributed by atoms with Crippen molar-refractivity contribution >= 4 is 23.6 Å². The Balaban J connectivity index is 2.03. The second kappa shape index (κ2) is 7.33. The summed E-state index contributed by atoms with van der Waals surface area (Å²) < 4.78 is 40.2. The van der Waals surface area contributed by atoms with Gasteiger partial charge >= 0.3 is 6.36 Å². The number of aromatic nitrogens is 3. The third-order valence-corrected chi connectivity index (χ3v) is 3.18. The number of rotatable bonds is 6. The molecule has 0 fully saturated rings. The number of hydrogen-bond acceptors (Lipinski definition) is 6. The van der Waals surface area contributed by atoms with Crippen LogP contribution in [0.1, 0.15) is 10.4 Å². The lowest BCUT2D eigenvalue weighted by molar-refractivity contribution is -0.274. The summed E-state index contributed by atoms with van der Waals surface area (Å²) in [7, 11) is 0. The summed E-state index contributed by atoms with van der Waals surface area (Å²) in [6.45, 7) is -0.0487. The van der Waals surface area contributed by atoms with Crippen LogP contribution >= 0.6 is 11.8 Å². The fraction of sp³-hybridized carbons (Fsp3) is 0.250. The van der Waals surface area contributed by atoms with Gasteiger partial charge < -0.3 is 9.84 Å². The van der Waals surface area contributed by atoms with Gasteiger partial charge in [-0.3, -0.25) is 10.1 Å². The maximum absolute atomic E-state index is 12.2. The Morgan fingerprint density at radius 3 is 2.91 bits per heavy atom. The Hall–Kier alpha value is -2.27. The maximum Gasteiger partial charge on any atom is 0.573 e. The number of carbonyl (C=O) groups excluding carboxylic acids is 1. The second-order valence-electron chi connectivity index (χ2n) is 4.07. The lowest BCUT2D eigenvalue weighted by Crippen LogP contribution is -2.18. The van der Waals surface area contributed by atoms with Crippen LogP contribution in [0.2, 0.25) is 0 Å². The summed E-state index contributed by atoms with van der Waals surface area (Å²) in [6.07, 6.45) is -4.83. The number of benzene rings is 1. The monoisotopic (exact) mass is 348 g/mol. The van der Waals surface area contributed by atoms with Gasteiger partial charge in [0.15, 0.2) is 0 Å². The highest BCUT2D eigenvalue weighted by molar-refractivity contribution is 7.99. The SMILES string of the molecule is O=C(Nc1nc(SCCO)n[nH]1)c1cccc(OC(F)(F)F)c1. The van der Waals surface area contributed by atoms with Crippen LogP contribution in [0.3, 0.4) is 0 Å². The molecule has 0 saturated heterocycles. The molecule has 0 aliphatic carbocycles. The molecule has 0 spiro atoms. The van der Waals surface area contributed by atoms with Crippen molar-refractivity contribution < 1.29 is 27.8 Å². The molecular weight excluding hydrogens is 337 g/mol. The molecule has 0 bridgehead atoms. The average molecular weight is 348 g/mol. The van der Waals surface area contributed by atoms with Crippen molar-refractivity contribution in [1.82, 2.24) is 15.2 Å². The van der Waals surface area contributed by atoms with Crippen LogP contribution in [0.15, 0.2) is 29.4 Å². The van der Waals surface area contributed by atoms with Crippen LogP contribution in [0, 0.1) is 0 Å². The molecule has 1 heterocycles. The predicted octanol–water partition coefficient (Wildman–Crippen LogP) is 2.04. The van der Waals surface area contributed by atoms with Crippen molar-refractivity contribution in [3.05, 3.63) is 29.8 Å². The molecular formula is C12H11F3N4O3S. The fourth-order valence-corrected chi connectivity index (χ4v) is 2.06. The molecule has 0 atom stereocenters. The standard InChI is InChI=1S/C12H11F3N4O3S/c13-12(14,15)22-8-3-1-2-7(6-8)9(21)16-10-17-11(19-18-10)23-5-4-20/h1-3,6,20H,4-5H2,(H2,16,17,18,19,21). The minimum Gasteiger partial charge on any atom is -0.406 e. The molecule has 0 aliphatic heterocycles. The number of aliphatic hydroxyl groups is 1. The molecule has 1 aromatic carbocycles. The van der Waals surface area contributed by atoms with E-state index in [-0.39, 0.29) is 18.1 Å². The Morgan fingerprint density at radius 2 is 2.22 bits per heavy atom. The first kappa shape index (κ1) is 17.1. The third kappa shape index (κ3) is 5.45. The molecule has 23 heavy (non-hydrogen) atoms. The van der Waals surface area contributed by atoms with Crippen LogP contribution in [-0.4, -0.2) is 44.9 Å². The minimum absolute atomic E-state index is 0.0345. The van der Waals surface area contributed by atoms with Gasteiger partial charge in [0.2, 0.25) is 11.1 Å². The van der Waals surface area contributed by atoms with Gasteiger partial charge in [-0.2, -0.15) is 4.98 Å². The molecule has 0 unspecified atom stereocenters. The van der Waals surface area contributed by atoms with Crippen LogP contribution in [0.25, 0.3) is 0 Å². The first-order chi connectivity index (χ1) is 10.9. The highest BCUT2D eigenvalue weighted by Gasteiger charge is 2.31. The van der Waals surface area contributed by atoms with Gasteiger partial charge in [-0.25, -0.2) is 5.10 Å². The van der Waals surface area contributed by atoms with Gasteiger partial charge in [0.1, 0.15) is 5.75 Å². The molecule has 3 N–H and O–H groups in total. The van der Waals surface area contributed by atoms with E-state index < -0.39 is 18.0 Å². The number of carbonyl (C=O) groups is 1. The molecule has 124 valence electrons. The van der Waals surface area contributed by atoms with Gasteiger partial charge in [0, 0.05) is 11.3 Å². The zero-order valence-corrected chi connectivity index (χ0v) is 12.2. The van der Waals surface area contributed by atoms with Crippen LogP contribution in [-0.2, 0) is 0 Å². The lowest BCUT2D eigenvalue weighted by atomic mass is 10.2. The van der Waals surface area contributed by atoms with Crippen LogP contribution in [0.5, 0.6) is 5.75 Å². The van der Waals surface area contributed by atoms with Gasteiger partial charge in [0.05, 0.1) is 6.61 Å². The van der Waals surface area contributed by atoms with Crippen molar-refractivity contribution in [3.63, 3.8) is 0 Å². The van der Waals surface area contributed by atoms with Gasteiger partial charge in [0.25, 0.3) is 5.91 Å². The molecule has 1 amide bonds. The van der Waals surface area contributed by atoms with Crippen LogP contribution in [0.4, 0.5) is 19.1 Å². The highest BCUT2D eigenvalue weighted by atomic mass is 32.2. The Morgan fingerprint density at radius 1 is 1.43 bits per heavy atom. The van der Waals surface area contributed by atoms with E-state index in [0.29, 0.717) is 10.9 Å². The van der Waals surface area contributed by atoms with Gasteiger partial charge in [-0.1, -0.05) is 17.8 Å². The molecule has 0 aliphatic rings. The first-order valence-electron chi connectivity index (χ1n) is 6.20. The first-order valence-corrected chi connectivity index (χ1v) is 7.19. The average Bonchev–Trinajstić information content (AvgIpc) is 2.91. The quantitative estimate of drug-likeness (QED) is 0.691. The number of nitrogens with zero attached hydrogens (tertiary/aromatic N) is 2. The Bertz CT molecular complexity index is 678.